The third-order valence-corrected chi connectivity index (χ3v) is 5.51. The van der Waals surface area contributed by atoms with E-state index >= 15 is 0 Å². The molecule has 2 N–H and O–H groups in total. The summed E-state index contributed by atoms with van der Waals surface area (Å²) in [5, 5.41) is 6.97. The molecule has 6 nitrogen and oxygen atoms in total. The highest BCUT2D eigenvalue weighted by molar-refractivity contribution is 7.80. The number of guanidine groups is 1. The van der Waals surface area contributed by atoms with E-state index in [2.05, 4.69) is 81.8 Å². The maximum Gasteiger partial charge on any atom is 0.229 e. The Morgan fingerprint density at radius 2 is 1.56 bits per heavy atom. The quantitative estimate of drug-likeness (QED) is 0.332. The van der Waals surface area contributed by atoms with Gasteiger partial charge in [-0.2, -0.15) is 4.99 Å². The van der Waals surface area contributed by atoms with Crippen LogP contribution in [0.15, 0.2) is 53.5 Å². The number of aliphatic imine (C=N–C) groups is 1. The van der Waals surface area contributed by atoms with Gasteiger partial charge in [0.1, 0.15) is 0 Å². The standard InChI is InChI=1S/C25H28N6S/c1-16-11-17(2)13-22(12-16)28-25(32)30-24(29-23-26-18(3)14-19(4)27-23)31-10-9-20-7-5-6-8-21(20)15-31/h5-8,11-14H,9-10,15H2,1-4H3,(H2,26,27,28,29,30,32). The van der Waals surface area contributed by atoms with E-state index in [-0.39, 0.29) is 0 Å². The fourth-order valence-corrected chi connectivity index (χ4v) is 4.23. The van der Waals surface area contributed by atoms with Gasteiger partial charge in [-0.15, -0.1) is 0 Å². The van der Waals surface area contributed by atoms with Gasteiger partial charge in [-0.25, -0.2) is 9.97 Å². The fraction of sp³-hybridized carbons (Fsp3) is 0.280. The Hall–Kier alpha value is -3.32. The molecule has 0 fully saturated rings. The molecular formula is C25H28N6S. The summed E-state index contributed by atoms with van der Waals surface area (Å²) in [4.78, 5) is 16.0. The lowest BCUT2D eigenvalue weighted by Crippen LogP contribution is -2.41. The molecule has 0 amide bonds. The first kappa shape index (κ1) is 21.9. The van der Waals surface area contributed by atoms with E-state index in [0.29, 0.717) is 17.0 Å². The van der Waals surface area contributed by atoms with Gasteiger partial charge in [0, 0.05) is 30.2 Å². The van der Waals surface area contributed by atoms with Crippen LogP contribution in [0.4, 0.5) is 11.6 Å². The Kier molecular flexibility index (Phi) is 6.46. The molecule has 1 aliphatic rings. The molecule has 0 radical (unpaired) electrons. The van der Waals surface area contributed by atoms with E-state index in [1.807, 2.05) is 19.9 Å². The minimum atomic E-state index is 0.390. The van der Waals surface area contributed by atoms with Gasteiger partial charge in [0.15, 0.2) is 0 Å². The minimum absolute atomic E-state index is 0.390. The summed E-state index contributed by atoms with van der Waals surface area (Å²) in [6, 6.07) is 16.7. The number of rotatable bonds is 2. The predicted molar refractivity (Wildman–Crippen MR) is 135 cm³/mol. The molecular weight excluding hydrogens is 416 g/mol. The van der Waals surface area contributed by atoms with Crippen molar-refractivity contribution in [3.63, 3.8) is 0 Å². The zero-order chi connectivity index (χ0) is 22.7. The first-order valence-electron chi connectivity index (χ1n) is 10.7. The van der Waals surface area contributed by atoms with Gasteiger partial charge in [-0.3, -0.25) is 5.32 Å². The third-order valence-electron chi connectivity index (χ3n) is 5.32. The molecule has 32 heavy (non-hydrogen) atoms. The molecule has 3 aromatic rings. The molecule has 7 heteroatoms. The van der Waals surface area contributed by atoms with Gasteiger partial charge in [0.25, 0.3) is 0 Å². The number of anilines is 2. The van der Waals surface area contributed by atoms with Crippen LogP contribution in [0.1, 0.15) is 33.6 Å². The second-order valence-corrected chi connectivity index (χ2v) is 8.67. The van der Waals surface area contributed by atoms with Crippen LogP contribution in [0.5, 0.6) is 0 Å². The average molecular weight is 445 g/mol. The minimum Gasteiger partial charge on any atom is -0.338 e. The summed E-state index contributed by atoms with van der Waals surface area (Å²) in [7, 11) is 0. The molecule has 0 unspecified atom stereocenters. The van der Waals surface area contributed by atoms with Crippen LogP contribution < -0.4 is 10.6 Å². The number of nitrogens with one attached hydrogen (secondary N) is 2. The van der Waals surface area contributed by atoms with Crippen molar-refractivity contribution in [2.45, 2.75) is 40.7 Å². The second kappa shape index (κ2) is 9.44. The number of hydrogen-bond donors (Lipinski definition) is 2. The Morgan fingerprint density at radius 1 is 0.906 bits per heavy atom. The van der Waals surface area contributed by atoms with Crippen LogP contribution in [0.25, 0.3) is 0 Å². The number of hydrogen-bond acceptors (Lipinski definition) is 3. The van der Waals surface area contributed by atoms with Crippen molar-refractivity contribution < 1.29 is 0 Å². The van der Waals surface area contributed by atoms with Crippen molar-refractivity contribution >= 4 is 34.9 Å². The largest absolute Gasteiger partial charge is 0.338 e. The van der Waals surface area contributed by atoms with Crippen LogP contribution in [-0.4, -0.2) is 32.5 Å². The van der Waals surface area contributed by atoms with E-state index in [0.717, 1.165) is 36.6 Å². The topological polar surface area (TPSA) is 65.4 Å². The normalized spacial score (nSPS) is 13.5. The molecule has 4 rings (SSSR count). The van der Waals surface area contributed by atoms with Crippen LogP contribution >= 0.6 is 12.2 Å². The fourth-order valence-electron chi connectivity index (χ4n) is 4.03. The van der Waals surface area contributed by atoms with Gasteiger partial charge < -0.3 is 10.2 Å². The number of aryl methyl sites for hydroxylation is 4. The highest BCUT2D eigenvalue weighted by atomic mass is 32.1. The molecule has 2 aromatic carbocycles. The van der Waals surface area contributed by atoms with Gasteiger partial charge in [0.05, 0.1) is 0 Å². The summed E-state index contributed by atoms with van der Waals surface area (Å²) in [5.41, 5.74) is 7.76. The lowest BCUT2D eigenvalue weighted by atomic mass is 10.0. The van der Waals surface area contributed by atoms with Crippen molar-refractivity contribution in [1.29, 1.82) is 0 Å². The zero-order valence-corrected chi connectivity index (χ0v) is 19.8. The van der Waals surface area contributed by atoms with E-state index in [4.69, 9.17) is 17.2 Å². The van der Waals surface area contributed by atoms with Crippen LogP contribution in [-0.2, 0) is 13.0 Å². The lowest BCUT2D eigenvalue weighted by molar-refractivity contribution is 0.393. The molecule has 0 saturated heterocycles. The maximum absolute atomic E-state index is 5.61. The Balaban J connectivity index is 1.62. The molecule has 164 valence electrons. The van der Waals surface area contributed by atoms with Gasteiger partial charge in [-0.1, -0.05) is 30.3 Å². The second-order valence-electron chi connectivity index (χ2n) is 8.28. The molecule has 2 heterocycles. The summed E-state index contributed by atoms with van der Waals surface area (Å²) in [6.45, 7) is 9.64. The number of fused-ring (bicyclic) bond motifs is 1. The molecule has 0 atom stereocenters. The highest BCUT2D eigenvalue weighted by Crippen LogP contribution is 2.20. The Bertz CT molecular complexity index is 1150. The summed E-state index contributed by atoms with van der Waals surface area (Å²) >= 11 is 5.61. The first-order chi connectivity index (χ1) is 15.4. The average Bonchev–Trinajstić information content (AvgIpc) is 2.71. The van der Waals surface area contributed by atoms with Crippen LogP contribution in [0.3, 0.4) is 0 Å². The number of aromatic nitrogens is 2. The molecule has 0 saturated carbocycles. The number of thiocarbonyl (C=S) groups is 1. The molecule has 0 aliphatic carbocycles. The van der Waals surface area contributed by atoms with Crippen molar-refractivity contribution in [3.05, 3.63) is 82.2 Å². The Labute approximate surface area is 194 Å². The maximum atomic E-state index is 5.61. The van der Waals surface area contributed by atoms with Crippen LogP contribution in [0, 0.1) is 27.7 Å². The van der Waals surface area contributed by atoms with Gasteiger partial charge in [0.2, 0.25) is 17.0 Å². The van der Waals surface area contributed by atoms with E-state index < -0.39 is 0 Å². The smallest absolute Gasteiger partial charge is 0.229 e. The van der Waals surface area contributed by atoms with E-state index in [1.165, 1.54) is 22.3 Å². The third kappa shape index (κ3) is 5.48. The van der Waals surface area contributed by atoms with Crippen molar-refractivity contribution in [2.24, 2.45) is 4.99 Å². The van der Waals surface area contributed by atoms with Crippen LogP contribution in [0.2, 0.25) is 0 Å². The summed E-state index contributed by atoms with van der Waals surface area (Å²) in [6.07, 6.45) is 0.946. The SMILES string of the molecule is Cc1cc(C)cc(NC(=S)/N=C(/Nc2nc(C)cc(C)n2)N2CCc3ccccc3C2)c1. The molecule has 0 spiro atoms. The van der Waals surface area contributed by atoms with E-state index in [1.54, 1.807) is 0 Å². The molecule has 1 aliphatic heterocycles. The van der Waals surface area contributed by atoms with Crippen molar-refractivity contribution in [2.75, 3.05) is 17.2 Å². The Morgan fingerprint density at radius 3 is 2.25 bits per heavy atom. The molecule has 0 bridgehead atoms. The zero-order valence-electron chi connectivity index (χ0n) is 18.9. The predicted octanol–water partition coefficient (Wildman–Crippen LogP) is 4.93. The highest BCUT2D eigenvalue weighted by Gasteiger charge is 2.20. The molecule has 1 aromatic heterocycles. The number of benzene rings is 2. The van der Waals surface area contributed by atoms with E-state index in [9.17, 15) is 0 Å². The van der Waals surface area contributed by atoms with Gasteiger partial charge >= 0.3 is 0 Å². The van der Waals surface area contributed by atoms with Crippen molar-refractivity contribution in [1.82, 2.24) is 14.9 Å². The summed E-state index contributed by atoms with van der Waals surface area (Å²) < 4.78 is 0. The first-order valence-corrected chi connectivity index (χ1v) is 11.2. The van der Waals surface area contributed by atoms with Crippen molar-refractivity contribution in [3.8, 4) is 0 Å². The lowest BCUT2D eigenvalue weighted by Gasteiger charge is -2.31. The monoisotopic (exact) mass is 444 g/mol. The van der Waals surface area contributed by atoms with Gasteiger partial charge in [-0.05, 0) is 86.8 Å². The summed E-state index contributed by atoms with van der Waals surface area (Å²) in [5.74, 6) is 1.17. The number of nitrogens with zero attached hydrogens (tertiary/aromatic N) is 4.